The molecule has 150 valence electrons. The predicted molar refractivity (Wildman–Crippen MR) is 114 cm³/mol. The Morgan fingerprint density at radius 3 is 2.52 bits per heavy atom. The van der Waals surface area contributed by atoms with Gasteiger partial charge in [-0.25, -0.2) is 8.42 Å². The van der Waals surface area contributed by atoms with Crippen molar-refractivity contribution in [2.45, 2.75) is 30.2 Å². The Hall–Kier alpha value is -2.70. The summed E-state index contributed by atoms with van der Waals surface area (Å²) in [6.45, 7) is 0.848. The normalized spacial score (nSPS) is 17.4. The molecule has 0 bridgehead atoms. The molecule has 1 heterocycles. The van der Waals surface area contributed by atoms with Crippen LogP contribution in [0.15, 0.2) is 77.7 Å². The maximum absolute atomic E-state index is 12.9. The van der Waals surface area contributed by atoms with E-state index in [4.69, 9.17) is 0 Å². The number of rotatable bonds is 6. The quantitative estimate of drug-likeness (QED) is 0.680. The van der Waals surface area contributed by atoms with E-state index < -0.39 is 16.1 Å². The minimum Gasteiger partial charge on any atom is -0.354 e. The molecule has 1 saturated heterocycles. The molecule has 0 saturated carbocycles. The summed E-state index contributed by atoms with van der Waals surface area (Å²) in [5.74, 6) is -0.220. The Morgan fingerprint density at radius 2 is 1.69 bits per heavy atom. The fourth-order valence-corrected chi connectivity index (χ4v) is 5.64. The van der Waals surface area contributed by atoms with Crippen LogP contribution in [0.5, 0.6) is 0 Å². The summed E-state index contributed by atoms with van der Waals surface area (Å²) < 4.78 is 27.2. The highest BCUT2D eigenvalue weighted by Gasteiger charge is 2.39. The van der Waals surface area contributed by atoms with Gasteiger partial charge in [-0.1, -0.05) is 60.7 Å². The average molecular weight is 409 g/mol. The maximum Gasteiger partial charge on any atom is 0.243 e. The van der Waals surface area contributed by atoms with E-state index in [2.05, 4.69) is 29.6 Å². The lowest BCUT2D eigenvalue weighted by Gasteiger charge is -2.23. The summed E-state index contributed by atoms with van der Waals surface area (Å²) in [6, 6.07) is 22.0. The van der Waals surface area contributed by atoms with E-state index >= 15 is 0 Å². The number of hydrogen-bond donors (Lipinski definition) is 1. The molecule has 0 aromatic heterocycles. The molecule has 1 aliphatic heterocycles. The lowest BCUT2D eigenvalue weighted by molar-refractivity contribution is -0.124. The molecule has 1 atom stereocenters. The van der Waals surface area contributed by atoms with Gasteiger partial charge in [0.05, 0.1) is 4.90 Å². The summed E-state index contributed by atoms with van der Waals surface area (Å²) in [5.41, 5.74) is 1.17. The fraction of sp³-hybridized carbons (Fsp3) is 0.261. The van der Waals surface area contributed by atoms with Gasteiger partial charge in [0.25, 0.3) is 0 Å². The first kappa shape index (κ1) is 19.6. The SMILES string of the molecule is O=C(NCCc1cccc2ccccc12)[C@H]1CCCN1S(=O)(=O)c1ccccc1. The first-order valence-corrected chi connectivity index (χ1v) is 11.3. The number of amides is 1. The molecular formula is C23H24N2O3S. The highest BCUT2D eigenvalue weighted by molar-refractivity contribution is 7.89. The third kappa shape index (κ3) is 4.04. The molecule has 0 aliphatic carbocycles. The second-order valence-corrected chi connectivity index (χ2v) is 9.16. The van der Waals surface area contributed by atoms with Gasteiger partial charge in [0.1, 0.15) is 6.04 Å². The van der Waals surface area contributed by atoms with Crippen LogP contribution in [0.4, 0.5) is 0 Å². The van der Waals surface area contributed by atoms with Crippen LogP contribution >= 0.6 is 0 Å². The molecule has 1 N–H and O–H groups in total. The minimum atomic E-state index is -3.67. The second-order valence-electron chi connectivity index (χ2n) is 7.27. The number of nitrogens with zero attached hydrogens (tertiary/aromatic N) is 1. The van der Waals surface area contributed by atoms with Crippen molar-refractivity contribution in [3.05, 3.63) is 78.4 Å². The summed E-state index contributed by atoms with van der Waals surface area (Å²) >= 11 is 0. The van der Waals surface area contributed by atoms with Gasteiger partial charge in [0.2, 0.25) is 15.9 Å². The van der Waals surface area contributed by atoms with Crippen LogP contribution in [0.25, 0.3) is 10.8 Å². The van der Waals surface area contributed by atoms with Crippen LogP contribution in [-0.2, 0) is 21.2 Å². The van der Waals surface area contributed by atoms with Crippen molar-refractivity contribution >= 4 is 26.7 Å². The van der Waals surface area contributed by atoms with Gasteiger partial charge in [0.15, 0.2) is 0 Å². The molecule has 1 amide bonds. The van der Waals surface area contributed by atoms with E-state index in [1.807, 2.05) is 18.2 Å². The van der Waals surface area contributed by atoms with Crippen molar-refractivity contribution < 1.29 is 13.2 Å². The van der Waals surface area contributed by atoms with E-state index in [1.165, 1.54) is 20.6 Å². The smallest absolute Gasteiger partial charge is 0.243 e. The highest BCUT2D eigenvalue weighted by Crippen LogP contribution is 2.26. The fourth-order valence-electron chi connectivity index (χ4n) is 3.97. The summed E-state index contributed by atoms with van der Waals surface area (Å²) in [4.78, 5) is 13.0. The Balaban J connectivity index is 1.43. The molecule has 0 spiro atoms. The number of hydrogen-bond acceptors (Lipinski definition) is 3. The Kier molecular flexibility index (Phi) is 5.65. The third-order valence-electron chi connectivity index (χ3n) is 5.43. The first-order valence-electron chi connectivity index (χ1n) is 9.88. The van der Waals surface area contributed by atoms with Crippen LogP contribution in [0, 0.1) is 0 Å². The van der Waals surface area contributed by atoms with Crippen LogP contribution in [-0.4, -0.2) is 37.8 Å². The lowest BCUT2D eigenvalue weighted by atomic mass is 10.0. The van der Waals surface area contributed by atoms with Gasteiger partial charge in [0, 0.05) is 13.1 Å². The van der Waals surface area contributed by atoms with E-state index in [0.29, 0.717) is 32.4 Å². The predicted octanol–water partition coefficient (Wildman–Crippen LogP) is 3.35. The van der Waals surface area contributed by atoms with Crippen LogP contribution in [0.3, 0.4) is 0 Å². The number of benzene rings is 3. The summed E-state index contributed by atoms with van der Waals surface area (Å²) in [7, 11) is -3.67. The molecule has 1 aliphatic rings. The van der Waals surface area contributed by atoms with Gasteiger partial charge in [-0.3, -0.25) is 4.79 Å². The number of carbonyl (C=O) groups is 1. The number of carbonyl (C=O) groups excluding carboxylic acids is 1. The molecule has 29 heavy (non-hydrogen) atoms. The van der Waals surface area contributed by atoms with Crippen LogP contribution in [0.2, 0.25) is 0 Å². The van der Waals surface area contributed by atoms with Crippen molar-refractivity contribution in [1.82, 2.24) is 9.62 Å². The second kappa shape index (κ2) is 8.35. The standard InChI is InChI=1S/C23H24N2O3S/c26-23(24-16-15-19-10-6-9-18-8-4-5-13-21(18)19)22-14-7-17-25(22)29(27,28)20-11-2-1-3-12-20/h1-6,8-13,22H,7,14-17H2,(H,24,26)/t22-/m1/s1. The van der Waals surface area contributed by atoms with E-state index in [1.54, 1.807) is 30.3 Å². The van der Waals surface area contributed by atoms with Gasteiger partial charge in [-0.15, -0.1) is 0 Å². The molecule has 5 nitrogen and oxygen atoms in total. The third-order valence-corrected chi connectivity index (χ3v) is 7.35. The monoisotopic (exact) mass is 408 g/mol. The first-order chi connectivity index (χ1) is 14.1. The van der Waals surface area contributed by atoms with Gasteiger partial charge in [-0.05, 0) is 47.7 Å². The summed E-state index contributed by atoms with van der Waals surface area (Å²) in [6.07, 6.45) is 1.94. The average Bonchev–Trinajstić information content (AvgIpc) is 3.25. The van der Waals surface area contributed by atoms with E-state index in [9.17, 15) is 13.2 Å². The lowest BCUT2D eigenvalue weighted by Crippen LogP contribution is -2.46. The zero-order valence-electron chi connectivity index (χ0n) is 16.1. The van der Waals surface area contributed by atoms with Gasteiger partial charge >= 0.3 is 0 Å². The Labute approximate surface area is 171 Å². The molecule has 6 heteroatoms. The van der Waals surface area contributed by atoms with Crippen LogP contribution in [0.1, 0.15) is 18.4 Å². The number of nitrogens with one attached hydrogen (secondary N) is 1. The van der Waals surface area contributed by atoms with Crippen molar-refractivity contribution in [1.29, 1.82) is 0 Å². The topological polar surface area (TPSA) is 66.5 Å². The number of fused-ring (bicyclic) bond motifs is 1. The highest BCUT2D eigenvalue weighted by atomic mass is 32.2. The Morgan fingerprint density at radius 1 is 0.966 bits per heavy atom. The number of sulfonamides is 1. The molecule has 4 rings (SSSR count). The van der Waals surface area contributed by atoms with Gasteiger partial charge < -0.3 is 5.32 Å². The van der Waals surface area contributed by atoms with Crippen molar-refractivity contribution in [2.75, 3.05) is 13.1 Å². The summed E-state index contributed by atoms with van der Waals surface area (Å²) in [5, 5.41) is 5.30. The van der Waals surface area contributed by atoms with E-state index in [-0.39, 0.29) is 10.8 Å². The maximum atomic E-state index is 12.9. The largest absolute Gasteiger partial charge is 0.354 e. The molecule has 1 fully saturated rings. The molecule has 3 aromatic rings. The van der Waals surface area contributed by atoms with Crippen molar-refractivity contribution in [3.63, 3.8) is 0 Å². The molecular weight excluding hydrogens is 384 g/mol. The zero-order chi connectivity index (χ0) is 20.3. The van der Waals surface area contributed by atoms with Crippen LogP contribution < -0.4 is 5.32 Å². The van der Waals surface area contributed by atoms with Gasteiger partial charge in [-0.2, -0.15) is 4.31 Å². The van der Waals surface area contributed by atoms with E-state index in [0.717, 1.165) is 0 Å². The molecule has 0 unspecified atom stereocenters. The zero-order valence-corrected chi connectivity index (χ0v) is 16.9. The van der Waals surface area contributed by atoms with Crippen molar-refractivity contribution in [3.8, 4) is 0 Å². The molecule has 0 radical (unpaired) electrons. The molecule has 3 aromatic carbocycles. The van der Waals surface area contributed by atoms with Crippen molar-refractivity contribution in [2.24, 2.45) is 0 Å². The Bertz CT molecular complexity index is 1110. The minimum absolute atomic E-state index is 0.220.